The number of hydrogen-bond acceptors (Lipinski definition) is 6. The van der Waals surface area contributed by atoms with Gasteiger partial charge in [-0.15, -0.1) is 0 Å². The van der Waals surface area contributed by atoms with Crippen molar-refractivity contribution in [3.8, 4) is 11.5 Å². The third kappa shape index (κ3) is 4.11. The number of Topliss-reactive ketones (excluding diaryl/α,β-unsaturated/α-hetero) is 1. The Morgan fingerprint density at radius 3 is 2.70 bits per heavy atom. The van der Waals surface area contributed by atoms with E-state index < -0.39 is 0 Å². The topological polar surface area (TPSA) is 78.3 Å². The Hall–Kier alpha value is -3.61. The standard InChI is InChI=1S/C26H28N4O3/c1-4-32-22-12-18(10-11-21(22)33-15-17-8-6-5-7-9-17)24-23-19(13-26(2,3)14-20(23)31)29-25-27-16-28-30(24)25/h5-12,16,24H,4,13-15H2,1-3H3,(H,27,28,29). The highest BCUT2D eigenvalue weighted by atomic mass is 16.5. The number of anilines is 1. The van der Waals surface area contributed by atoms with Crippen LogP contribution in [0.1, 0.15) is 50.8 Å². The summed E-state index contributed by atoms with van der Waals surface area (Å²) in [5, 5.41) is 7.78. The Bertz CT molecular complexity index is 1210. The summed E-state index contributed by atoms with van der Waals surface area (Å²) in [5.41, 5.74) is 3.59. The second-order valence-corrected chi connectivity index (χ2v) is 9.30. The van der Waals surface area contributed by atoms with Crippen LogP contribution in [0.15, 0.2) is 66.1 Å². The maximum absolute atomic E-state index is 13.3. The number of ketones is 1. The number of nitrogens with one attached hydrogen (secondary N) is 1. The largest absolute Gasteiger partial charge is 0.490 e. The molecule has 0 fully saturated rings. The maximum Gasteiger partial charge on any atom is 0.226 e. The molecule has 2 heterocycles. The lowest BCUT2D eigenvalue weighted by atomic mass is 9.73. The Labute approximate surface area is 193 Å². The van der Waals surface area contributed by atoms with Gasteiger partial charge in [0.1, 0.15) is 19.0 Å². The zero-order chi connectivity index (χ0) is 23.0. The molecule has 2 aromatic carbocycles. The van der Waals surface area contributed by atoms with Crippen LogP contribution in [0.25, 0.3) is 0 Å². The number of ether oxygens (including phenoxy) is 2. The molecule has 5 rings (SSSR count). The minimum atomic E-state index is -0.357. The SMILES string of the molecule is CCOc1cc(C2C3=C(CC(C)(C)CC3=O)Nc3ncnn32)ccc1OCc1ccccc1. The molecular formula is C26H28N4O3. The van der Waals surface area contributed by atoms with Crippen molar-refractivity contribution in [2.24, 2.45) is 5.41 Å². The van der Waals surface area contributed by atoms with Crippen molar-refractivity contribution in [2.75, 3.05) is 11.9 Å². The summed E-state index contributed by atoms with van der Waals surface area (Å²) in [6, 6.07) is 15.5. The van der Waals surface area contributed by atoms with Gasteiger partial charge in [0.15, 0.2) is 17.3 Å². The van der Waals surface area contributed by atoms with Gasteiger partial charge >= 0.3 is 0 Å². The molecule has 0 saturated carbocycles. The van der Waals surface area contributed by atoms with Crippen LogP contribution in [-0.4, -0.2) is 27.2 Å². The van der Waals surface area contributed by atoms with Crippen LogP contribution in [0.5, 0.6) is 11.5 Å². The van der Waals surface area contributed by atoms with E-state index in [1.165, 1.54) is 6.33 Å². The lowest BCUT2D eigenvalue weighted by Crippen LogP contribution is -2.36. The second-order valence-electron chi connectivity index (χ2n) is 9.30. The van der Waals surface area contributed by atoms with Crippen molar-refractivity contribution < 1.29 is 14.3 Å². The first-order valence-corrected chi connectivity index (χ1v) is 11.3. The lowest BCUT2D eigenvalue weighted by Gasteiger charge is -2.38. The van der Waals surface area contributed by atoms with Crippen molar-refractivity contribution in [3.63, 3.8) is 0 Å². The molecule has 0 amide bonds. The molecule has 0 bridgehead atoms. The number of carbonyl (C=O) groups is 1. The van der Waals surface area contributed by atoms with Gasteiger partial charge in [-0.25, -0.2) is 4.68 Å². The zero-order valence-corrected chi connectivity index (χ0v) is 19.2. The summed E-state index contributed by atoms with van der Waals surface area (Å²) in [7, 11) is 0. The quantitative estimate of drug-likeness (QED) is 0.582. The summed E-state index contributed by atoms with van der Waals surface area (Å²) in [4.78, 5) is 17.7. The minimum absolute atomic E-state index is 0.0960. The van der Waals surface area contributed by atoms with Crippen LogP contribution in [-0.2, 0) is 11.4 Å². The van der Waals surface area contributed by atoms with Crippen LogP contribution >= 0.6 is 0 Å². The molecule has 3 aromatic rings. The fourth-order valence-electron chi connectivity index (χ4n) is 4.67. The van der Waals surface area contributed by atoms with Crippen LogP contribution in [0, 0.1) is 5.41 Å². The van der Waals surface area contributed by atoms with Crippen LogP contribution < -0.4 is 14.8 Å². The number of rotatable bonds is 6. The average molecular weight is 445 g/mol. The second kappa shape index (κ2) is 8.39. The fraction of sp³-hybridized carbons (Fsp3) is 0.346. The monoisotopic (exact) mass is 444 g/mol. The normalized spacial score (nSPS) is 18.9. The Kier molecular flexibility index (Phi) is 5.40. The van der Waals surface area contributed by atoms with E-state index in [0.717, 1.165) is 28.8 Å². The van der Waals surface area contributed by atoms with Gasteiger partial charge in [0.2, 0.25) is 5.95 Å². The summed E-state index contributed by atoms with van der Waals surface area (Å²) >= 11 is 0. The molecule has 0 saturated heterocycles. The van der Waals surface area contributed by atoms with E-state index in [0.29, 0.717) is 37.1 Å². The summed E-state index contributed by atoms with van der Waals surface area (Å²) < 4.78 is 13.8. The predicted octanol–water partition coefficient (Wildman–Crippen LogP) is 4.91. The molecular weight excluding hydrogens is 416 g/mol. The Balaban J connectivity index is 1.53. The summed E-state index contributed by atoms with van der Waals surface area (Å²) in [5.74, 6) is 2.10. The number of fused-ring (bicyclic) bond motifs is 1. The van der Waals surface area contributed by atoms with Crippen molar-refractivity contribution in [1.82, 2.24) is 14.8 Å². The molecule has 170 valence electrons. The minimum Gasteiger partial charge on any atom is -0.490 e. The van der Waals surface area contributed by atoms with Crippen molar-refractivity contribution in [2.45, 2.75) is 46.3 Å². The number of hydrogen-bond donors (Lipinski definition) is 1. The smallest absolute Gasteiger partial charge is 0.226 e. The first-order valence-electron chi connectivity index (χ1n) is 11.3. The number of aromatic nitrogens is 3. The van der Waals surface area contributed by atoms with E-state index >= 15 is 0 Å². The Morgan fingerprint density at radius 1 is 1.09 bits per heavy atom. The number of nitrogens with zero attached hydrogens (tertiary/aromatic N) is 3. The number of allylic oxidation sites excluding steroid dienone is 2. The fourth-order valence-corrected chi connectivity index (χ4v) is 4.67. The molecule has 1 unspecified atom stereocenters. The highest BCUT2D eigenvalue weighted by Gasteiger charge is 2.41. The molecule has 33 heavy (non-hydrogen) atoms. The highest BCUT2D eigenvalue weighted by molar-refractivity contribution is 6.00. The first kappa shape index (κ1) is 21.2. The summed E-state index contributed by atoms with van der Waals surface area (Å²) in [6.45, 7) is 7.14. The third-order valence-corrected chi connectivity index (χ3v) is 6.09. The molecule has 1 aliphatic carbocycles. The predicted molar refractivity (Wildman–Crippen MR) is 125 cm³/mol. The molecule has 1 aliphatic heterocycles. The lowest BCUT2D eigenvalue weighted by molar-refractivity contribution is -0.118. The molecule has 1 atom stereocenters. The molecule has 0 spiro atoms. The van der Waals surface area contributed by atoms with Crippen LogP contribution in [0.2, 0.25) is 0 Å². The van der Waals surface area contributed by atoms with E-state index in [1.807, 2.05) is 55.5 Å². The molecule has 7 nitrogen and oxygen atoms in total. The maximum atomic E-state index is 13.3. The van der Waals surface area contributed by atoms with E-state index in [4.69, 9.17) is 9.47 Å². The van der Waals surface area contributed by atoms with E-state index in [2.05, 4.69) is 29.2 Å². The number of benzene rings is 2. The van der Waals surface area contributed by atoms with Gasteiger partial charge in [-0.3, -0.25) is 4.79 Å². The van der Waals surface area contributed by atoms with Gasteiger partial charge in [-0.05, 0) is 42.0 Å². The van der Waals surface area contributed by atoms with Gasteiger partial charge < -0.3 is 14.8 Å². The van der Waals surface area contributed by atoms with Crippen molar-refractivity contribution in [3.05, 3.63) is 77.3 Å². The first-order chi connectivity index (χ1) is 15.9. The highest BCUT2D eigenvalue weighted by Crippen LogP contribution is 2.46. The summed E-state index contributed by atoms with van der Waals surface area (Å²) in [6.07, 6.45) is 2.81. The number of carbonyl (C=O) groups excluding carboxylic acids is 1. The van der Waals surface area contributed by atoms with Crippen molar-refractivity contribution >= 4 is 11.7 Å². The average Bonchev–Trinajstić information content (AvgIpc) is 3.25. The molecule has 1 aromatic heterocycles. The van der Waals surface area contributed by atoms with Gasteiger partial charge in [-0.1, -0.05) is 50.2 Å². The van der Waals surface area contributed by atoms with E-state index in [-0.39, 0.29) is 17.2 Å². The van der Waals surface area contributed by atoms with E-state index in [9.17, 15) is 4.79 Å². The van der Waals surface area contributed by atoms with Crippen LogP contribution in [0.4, 0.5) is 5.95 Å². The third-order valence-electron chi connectivity index (χ3n) is 6.09. The molecule has 2 aliphatic rings. The van der Waals surface area contributed by atoms with Gasteiger partial charge in [0, 0.05) is 17.7 Å². The Morgan fingerprint density at radius 2 is 1.91 bits per heavy atom. The molecule has 1 N–H and O–H groups in total. The van der Waals surface area contributed by atoms with Gasteiger partial charge in [0.05, 0.1) is 6.61 Å². The zero-order valence-electron chi connectivity index (χ0n) is 19.2. The van der Waals surface area contributed by atoms with E-state index in [1.54, 1.807) is 4.68 Å². The van der Waals surface area contributed by atoms with Crippen molar-refractivity contribution in [1.29, 1.82) is 0 Å². The molecule has 7 heteroatoms. The van der Waals surface area contributed by atoms with Gasteiger partial charge in [-0.2, -0.15) is 10.1 Å². The molecule has 0 radical (unpaired) electrons. The van der Waals surface area contributed by atoms with Gasteiger partial charge in [0.25, 0.3) is 0 Å². The van der Waals surface area contributed by atoms with Crippen LogP contribution in [0.3, 0.4) is 0 Å².